The standard InChI is InChI=1S/C27H47N2O2S2/c1-7-30-27(31-8-2)9-10-28-11-13-29(14-12-28)17-23-15-25(19-32-21(3)4)26(16-24(23)18-29)20-33-22(5)6/h15-16,21-22,27H,7-14,17-20H2,1-6H3/q+1. The fraction of sp³-hybridized carbons (Fsp3) is 0.778. The average Bonchev–Trinajstić information content (AvgIpc) is 3.12. The van der Waals surface area contributed by atoms with Crippen molar-refractivity contribution in [3.63, 3.8) is 0 Å². The first-order valence-electron chi connectivity index (χ1n) is 13.0. The molecule has 3 rings (SSSR count). The first-order valence-corrected chi connectivity index (χ1v) is 15.1. The molecule has 1 saturated heterocycles. The summed E-state index contributed by atoms with van der Waals surface area (Å²) in [7, 11) is 0. The van der Waals surface area contributed by atoms with E-state index in [4.69, 9.17) is 9.47 Å². The number of nitrogens with zero attached hydrogens (tertiary/aromatic N) is 2. The normalized spacial score (nSPS) is 18.2. The van der Waals surface area contributed by atoms with Crippen LogP contribution in [0.1, 0.15) is 70.2 Å². The maximum atomic E-state index is 5.74. The molecule has 0 atom stereocenters. The van der Waals surface area contributed by atoms with Crippen molar-refractivity contribution in [2.75, 3.05) is 45.9 Å². The number of ether oxygens (including phenoxy) is 2. The van der Waals surface area contributed by atoms with Crippen molar-refractivity contribution in [1.29, 1.82) is 0 Å². The van der Waals surface area contributed by atoms with Gasteiger partial charge in [-0.15, -0.1) is 0 Å². The van der Waals surface area contributed by atoms with E-state index < -0.39 is 0 Å². The molecule has 0 aliphatic carbocycles. The predicted octanol–water partition coefficient (Wildman–Crippen LogP) is 5.91. The molecule has 0 aromatic heterocycles. The summed E-state index contributed by atoms with van der Waals surface area (Å²) in [6, 6.07) is 5.16. The van der Waals surface area contributed by atoms with Crippen molar-refractivity contribution in [2.24, 2.45) is 0 Å². The fourth-order valence-electron chi connectivity index (χ4n) is 4.99. The summed E-state index contributed by atoms with van der Waals surface area (Å²) in [5.41, 5.74) is 6.40. The van der Waals surface area contributed by atoms with Gasteiger partial charge >= 0.3 is 0 Å². The van der Waals surface area contributed by atoms with E-state index in [9.17, 15) is 0 Å². The third-order valence-electron chi connectivity index (χ3n) is 6.84. The molecule has 2 aliphatic rings. The zero-order valence-electron chi connectivity index (χ0n) is 21.9. The molecule has 0 saturated carbocycles. The second-order valence-electron chi connectivity index (χ2n) is 10.2. The number of rotatable bonds is 13. The van der Waals surface area contributed by atoms with Crippen molar-refractivity contribution in [1.82, 2.24) is 4.90 Å². The highest BCUT2D eigenvalue weighted by Gasteiger charge is 2.39. The highest BCUT2D eigenvalue weighted by Crippen LogP contribution is 2.36. The monoisotopic (exact) mass is 495 g/mol. The first kappa shape index (κ1) is 27.3. The molecule has 0 bridgehead atoms. The van der Waals surface area contributed by atoms with E-state index in [0.29, 0.717) is 10.5 Å². The maximum Gasteiger partial charge on any atom is 0.158 e. The van der Waals surface area contributed by atoms with E-state index in [1.165, 1.54) is 43.8 Å². The molecular weight excluding hydrogens is 448 g/mol. The Kier molecular flexibility index (Phi) is 10.9. The number of benzene rings is 1. The summed E-state index contributed by atoms with van der Waals surface area (Å²) >= 11 is 4.16. The summed E-state index contributed by atoms with van der Waals surface area (Å²) in [6.07, 6.45) is 0.917. The second kappa shape index (κ2) is 13.2. The number of thioether (sulfide) groups is 2. The number of hydrogen-bond acceptors (Lipinski definition) is 5. The molecule has 1 aromatic carbocycles. The maximum absolute atomic E-state index is 5.74. The third kappa shape index (κ3) is 8.15. The van der Waals surface area contributed by atoms with Crippen molar-refractivity contribution in [2.45, 2.75) is 89.3 Å². The molecule has 4 nitrogen and oxygen atoms in total. The third-order valence-corrected chi connectivity index (χ3v) is 9.13. The van der Waals surface area contributed by atoms with Crippen molar-refractivity contribution in [3.05, 3.63) is 34.4 Å². The highest BCUT2D eigenvalue weighted by atomic mass is 32.2. The Morgan fingerprint density at radius 3 is 1.76 bits per heavy atom. The number of fused-ring (bicyclic) bond motifs is 1. The molecule has 1 spiro atoms. The van der Waals surface area contributed by atoms with Crippen LogP contribution < -0.4 is 0 Å². The zero-order valence-corrected chi connectivity index (χ0v) is 23.5. The average molecular weight is 496 g/mol. The first-order chi connectivity index (χ1) is 15.8. The topological polar surface area (TPSA) is 21.7 Å². The van der Waals surface area contributed by atoms with Gasteiger partial charge in [0, 0.05) is 61.9 Å². The van der Waals surface area contributed by atoms with Crippen LogP contribution in [0.25, 0.3) is 0 Å². The Bertz CT molecular complexity index is 684. The molecule has 0 unspecified atom stereocenters. The quantitative estimate of drug-likeness (QED) is 0.250. The minimum absolute atomic E-state index is 0.0506. The van der Waals surface area contributed by atoms with Gasteiger partial charge in [0.05, 0.1) is 13.1 Å². The van der Waals surface area contributed by atoms with Gasteiger partial charge in [-0.25, -0.2) is 0 Å². The molecular formula is C27H47N2O2S2+. The molecule has 0 radical (unpaired) electrons. The Morgan fingerprint density at radius 1 is 0.848 bits per heavy atom. The Balaban J connectivity index is 1.60. The van der Waals surface area contributed by atoms with Crippen LogP contribution in [0.2, 0.25) is 0 Å². The van der Waals surface area contributed by atoms with Crippen LogP contribution in [-0.2, 0) is 34.1 Å². The molecule has 33 heavy (non-hydrogen) atoms. The van der Waals surface area contributed by atoms with Gasteiger partial charge in [-0.2, -0.15) is 23.5 Å². The summed E-state index contributed by atoms with van der Waals surface area (Å²) < 4.78 is 12.7. The highest BCUT2D eigenvalue weighted by molar-refractivity contribution is 7.99. The smallest absolute Gasteiger partial charge is 0.158 e. The van der Waals surface area contributed by atoms with Crippen LogP contribution in [0.15, 0.2) is 12.1 Å². The van der Waals surface area contributed by atoms with Gasteiger partial charge in [-0.05, 0) is 47.6 Å². The van der Waals surface area contributed by atoms with Gasteiger partial charge in [-0.1, -0.05) is 27.7 Å². The van der Waals surface area contributed by atoms with Gasteiger partial charge in [-0.3, -0.25) is 4.90 Å². The van der Waals surface area contributed by atoms with Crippen LogP contribution in [0.3, 0.4) is 0 Å². The van der Waals surface area contributed by atoms with Gasteiger partial charge in [0.15, 0.2) is 6.29 Å². The Hall–Kier alpha value is -0.240. The van der Waals surface area contributed by atoms with E-state index in [2.05, 4.69) is 68.3 Å². The molecule has 2 heterocycles. The van der Waals surface area contributed by atoms with Crippen molar-refractivity contribution >= 4 is 23.5 Å². The molecule has 0 amide bonds. The fourth-order valence-corrected chi connectivity index (χ4v) is 6.55. The lowest BCUT2D eigenvalue weighted by Gasteiger charge is -2.42. The summed E-state index contributed by atoms with van der Waals surface area (Å²) in [6.45, 7) is 23.2. The minimum Gasteiger partial charge on any atom is -0.353 e. The van der Waals surface area contributed by atoms with Crippen LogP contribution >= 0.6 is 23.5 Å². The van der Waals surface area contributed by atoms with E-state index >= 15 is 0 Å². The van der Waals surface area contributed by atoms with Crippen molar-refractivity contribution < 1.29 is 14.0 Å². The van der Waals surface area contributed by atoms with Gasteiger partial charge < -0.3 is 14.0 Å². The lowest BCUT2D eigenvalue weighted by Crippen LogP contribution is -2.56. The SMILES string of the molecule is CCOC(CCN1CC[N+]2(CC1)Cc1cc(CSC(C)C)c(CSC(C)C)cc1C2)OCC. The molecule has 0 N–H and O–H groups in total. The van der Waals surface area contributed by atoms with Gasteiger partial charge in [0.25, 0.3) is 0 Å². The van der Waals surface area contributed by atoms with Crippen LogP contribution in [0, 0.1) is 0 Å². The lowest BCUT2D eigenvalue weighted by molar-refractivity contribution is -0.950. The Labute approximate surface area is 211 Å². The second-order valence-corrected chi connectivity index (χ2v) is 13.3. The van der Waals surface area contributed by atoms with E-state index in [0.717, 1.165) is 37.7 Å². The Morgan fingerprint density at radius 2 is 1.33 bits per heavy atom. The lowest BCUT2D eigenvalue weighted by atomic mass is 10.0. The molecule has 188 valence electrons. The van der Waals surface area contributed by atoms with Crippen molar-refractivity contribution in [3.8, 4) is 0 Å². The summed E-state index contributed by atoms with van der Waals surface area (Å²) in [4.78, 5) is 2.62. The summed E-state index contributed by atoms with van der Waals surface area (Å²) in [5, 5.41) is 1.36. The molecule has 1 aromatic rings. The van der Waals surface area contributed by atoms with E-state index in [1.54, 1.807) is 22.3 Å². The van der Waals surface area contributed by atoms with Crippen LogP contribution in [-0.4, -0.2) is 72.1 Å². The van der Waals surface area contributed by atoms with Gasteiger partial charge in [0.2, 0.25) is 0 Å². The predicted molar refractivity (Wildman–Crippen MR) is 145 cm³/mol. The molecule has 6 heteroatoms. The van der Waals surface area contributed by atoms with Crippen LogP contribution in [0.5, 0.6) is 0 Å². The largest absolute Gasteiger partial charge is 0.353 e. The summed E-state index contributed by atoms with van der Waals surface area (Å²) in [5.74, 6) is 2.29. The van der Waals surface area contributed by atoms with E-state index in [-0.39, 0.29) is 6.29 Å². The number of piperazine rings is 1. The molecule has 2 aliphatic heterocycles. The zero-order chi connectivity index (χ0) is 23.8. The molecule has 1 fully saturated rings. The minimum atomic E-state index is -0.0506. The van der Waals surface area contributed by atoms with Gasteiger partial charge in [0.1, 0.15) is 13.1 Å². The van der Waals surface area contributed by atoms with E-state index in [1.807, 2.05) is 13.8 Å². The van der Waals surface area contributed by atoms with Crippen LogP contribution in [0.4, 0.5) is 0 Å². The number of hydrogen-bond donors (Lipinski definition) is 0. The number of quaternary nitrogens is 1.